The summed E-state index contributed by atoms with van der Waals surface area (Å²) in [5.74, 6) is -1.19. The SMILES string of the molecule is COc1ccc(S(=O)(=O)/N=C2\C=C3N(CCO)CCOC3(O)c3ccccc32)cc1. The minimum Gasteiger partial charge on any atom is -0.497 e. The highest BCUT2D eigenvalue weighted by molar-refractivity contribution is 7.90. The number of aliphatic hydroxyl groups is 2. The molecule has 1 saturated heterocycles. The molecule has 30 heavy (non-hydrogen) atoms. The van der Waals surface area contributed by atoms with Gasteiger partial charge in [-0.1, -0.05) is 24.3 Å². The third-order valence-electron chi connectivity index (χ3n) is 5.15. The summed E-state index contributed by atoms with van der Waals surface area (Å²) in [6, 6.07) is 12.8. The highest BCUT2D eigenvalue weighted by atomic mass is 32.2. The van der Waals surface area contributed by atoms with Crippen molar-refractivity contribution in [1.29, 1.82) is 0 Å². The van der Waals surface area contributed by atoms with E-state index in [1.807, 2.05) is 0 Å². The third kappa shape index (κ3) is 3.50. The van der Waals surface area contributed by atoms with Gasteiger partial charge in [-0.2, -0.15) is 12.8 Å². The molecule has 1 fully saturated rings. The molecule has 0 amide bonds. The van der Waals surface area contributed by atoms with Crippen LogP contribution in [0, 0.1) is 0 Å². The molecule has 2 aromatic carbocycles. The molecule has 2 aliphatic rings. The molecular formula is C21H22N2O6S. The molecule has 1 aliphatic carbocycles. The Morgan fingerprint density at radius 3 is 2.63 bits per heavy atom. The number of morpholine rings is 1. The summed E-state index contributed by atoms with van der Waals surface area (Å²) in [5, 5.41) is 20.7. The molecule has 1 heterocycles. The first-order valence-electron chi connectivity index (χ1n) is 9.42. The van der Waals surface area contributed by atoms with Gasteiger partial charge in [-0.25, -0.2) is 0 Å². The van der Waals surface area contributed by atoms with Crippen molar-refractivity contribution < 1.29 is 28.1 Å². The van der Waals surface area contributed by atoms with Crippen molar-refractivity contribution in [3.63, 3.8) is 0 Å². The summed E-state index contributed by atoms with van der Waals surface area (Å²) in [4.78, 5) is 1.80. The Morgan fingerprint density at radius 1 is 1.20 bits per heavy atom. The van der Waals surface area contributed by atoms with Gasteiger partial charge in [0.2, 0.25) is 5.79 Å². The normalized spacial score (nSPS) is 22.3. The van der Waals surface area contributed by atoms with E-state index in [0.717, 1.165) is 0 Å². The zero-order valence-electron chi connectivity index (χ0n) is 16.4. The lowest BCUT2D eigenvalue weighted by molar-refractivity contribution is -0.219. The number of fused-ring (bicyclic) bond motifs is 3. The molecular weight excluding hydrogens is 408 g/mol. The van der Waals surface area contributed by atoms with Gasteiger partial charge in [-0.3, -0.25) is 0 Å². The Labute approximate surface area is 174 Å². The van der Waals surface area contributed by atoms with Crippen molar-refractivity contribution in [2.75, 3.05) is 33.4 Å². The summed E-state index contributed by atoms with van der Waals surface area (Å²) in [6.45, 7) is 0.873. The molecule has 4 rings (SSSR count). The first-order chi connectivity index (χ1) is 14.4. The lowest BCUT2D eigenvalue weighted by Gasteiger charge is -2.45. The molecule has 1 aliphatic heterocycles. The van der Waals surface area contributed by atoms with Crippen molar-refractivity contribution in [3.05, 3.63) is 71.4 Å². The smallest absolute Gasteiger partial charge is 0.282 e. The number of aliphatic hydroxyl groups excluding tert-OH is 1. The van der Waals surface area contributed by atoms with Crippen LogP contribution < -0.4 is 4.74 Å². The van der Waals surface area contributed by atoms with Crippen LogP contribution in [-0.2, 0) is 20.5 Å². The third-order valence-corrected chi connectivity index (χ3v) is 6.45. The predicted molar refractivity (Wildman–Crippen MR) is 110 cm³/mol. The van der Waals surface area contributed by atoms with Gasteiger partial charge in [0.1, 0.15) is 5.75 Å². The number of rotatable bonds is 5. The number of hydrogen-bond donors (Lipinski definition) is 2. The van der Waals surface area contributed by atoms with E-state index in [9.17, 15) is 18.6 Å². The second-order valence-electron chi connectivity index (χ2n) is 6.91. The summed E-state index contributed by atoms with van der Waals surface area (Å²) >= 11 is 0. The molecule has 0 spiro atoms. The number of β-amino-alcohol motifs (C(OH)–C–C–N with tert-alkyl or cyclic N) is 1. The average Bonchev–Trinajstić information content (AvgIpc) is 2.75. The molecule has 2 N–H and O–H groups in total. The van der Waals surface area contributed by atoms with Crippen LogP contribution >= 0.6 is 0 Å². The molecule has 0 bridgehead atoms. The van der Waals surface area contributed by atoms with Crippen molar-refractivity contribution in [2.24, 2.45) is 4.40 Å². The van der Waals surface area contributed by atoms with Crippen LogP contribution in [0.5, 0.6) is 5.75 Å². The van der Waals surface area contributed by atoms with Gasteiger partial charge in [0.05, 0.1) is 36.6 Å². The van der Waals surface area contributed by atoms with Crippen LogP contribution in [-0.4, -0.2) is 62.7 Å². The molecule has 158 valence electrons. The van der Waals surface area contributed by atoms with E-state index in [1.54, 1.807) is 41.3 Å². The molecule has 1 unspecified atom stereocenters. The van der Waals surface area contributed by atoms with Gasteiger partial charge in [0.15, 0.2) is 0 Å². The van der Waals surface area contributed by atoms with E-state index in [2.05, 4.69) is 4.40 Å². The number of nitrogens with zero attached hydrogens (tertiary/aromatic N) is 2. The Kier molecular flexibility index (Phi) is 5.37. The number of allylic oxidation sites excluding steroid dienone is 1. The van der Waals surface area contributed by atoms with Crippen molar-refractivity contribution >= 4 is 15.7 Å². The summed E-state index contributed by atoms with van der Waals surface area (Å²) in [5.41, 5.74) is 1.42. The first-order valence-corrected chi connectivity index (χ1v) is 10.9. The molecule has 2 aromatic rings. The molecule has 0 radical (unpaired) electrons. The zero-order chi connectivity index (χ0) is 21.4. The Morgan fingerprint density at radius 2 is 1.93 bits per heavy atom. The van der Waals surface area contributed by atoms with Crippen LogP contribution in [0.15, 0.2) is 69.6 Å². The highest BCUT2D eigenvalue weighted by Gasteiger charge is 2.46. The fourth-order valence-electron chi connectivity index (χ4n) is 3.68. The van der Waals surface area contributed by atoms with Crippen LogP contribution in [0.2, 0.25) is 0 Å². The van der Waals surface area contributed by atoms with Crippen LogP contribution in [0.1, 0.15) is 11.1 Å². The van der Waals surface area contributed by atoms with Crippen molar-refractivity contribution in [1.82, 2.24) is 4.90 Å². The summed E-state index contributed by atoms with van der Waals surface area (Å²) in [6.07, 6.45) is 1.51. The van der Waals surface area contributed by atoms with E-state index >= 15 is 0 Å². The van der Waals surface area contributed by atoms with Gasteiger partial charge >= 0.3 is 0 Å². The van der Waals surface area contributed by atoms with E-state index in [4.69, 9.17) is 9.47 Å². The molecule has 1 atom stereocenters. The van der Waals surface area contributed by atoms with Gasteiger partial charge in [0, 0.05) is 24.2 Å². The van der Waals surface area contributed by atoms with Crippen LogP contribution in [0.25, 0.3) is 0 Å². The lowest BCUT2D eigenvalue weighted by Crippen LogP contribution is -2.50. The average molecular weight is 430 g/mol. The molecule has 8 nitrogen and oxygen atoms in total. The minimum absolute atomic E-state index is 0.0274. The Hall–Kier alpha value is -2.72. The van der Waals surface area contributed by atoms with E-state index in [0.29, 0.717) is 29.1 Å². The molecule has 9 heteroatoms. The van der Waals surface area contributed by atoms with Gasteiger partial charge in [-0.15, -0.1) is 0 Å². The topological polar surface area (TPSA) is 109 Å². The number of sulfonamides is 1. The monoisotopic (exact) mass is 430 g/mol. The fraction of sp³-hybridized carbons (Fsp3) is 0.286. The number of hydrogen-bond acceptors (Lipinski definition) is 7. The maximum Gasteiger partial charge on any atom is 0.282 e. The molecule has 0 aromatic heterocycles. The largest absolute Gasteiger partial charge is 0.497 e. The number of ether oxygens (including phenoxy) is 2. The maximum atomic E-state index is 13.0. The van der Waals surface area contributed by atoms with E-state index in [1.165, 1.54) is 25.3 Å². The van der Waals surface area contributed by atoms with Crippen LogP contribution in [0.4, 0.5) is 0 Å². The lowest BCUT2D eigenvalue weighted by atomic mass is 9.86. The second kappa shape index (κ2) is 7.84. The second-order valence-corrected chi connectivity index (χ2v) is 8.51. The highest BCUT2D eigenvalue weighted by Crippen LogP contribution is 2.41. The minimum atomic E-state index is -4.02. The van der Waals surface area contributed by atoms with Gasteiger partial charge in [-0.05, 0) is 30.3 Å². The van der Waals surface area contributed by atoms with Crippen LogP contribution in [0.3, 0.4) is 0 Å². The standard InChI is InChI=1S/C21H22N2O6S/c1-28-15-6-8-16(9-7-15)30(26,27)22-19-14-20-21(25,18-5-3-2-4-17(18)19)29-13-11-23(20)10-12-24/h2-9,14,24-25H,10-13H2,1H3/b22-19+. The quantitative estimate of drug-likeness (QED) is 0.735. The van der Waals surface area contributed by atoms with Crippen molar-refractivity contribution in [3.8, 4) is 5.75 Å². The van der Waals surface area contributed by atoms with E-state index in [-0.39, 0.29) is 30.4 Å². The summed E-state index contributed by atoms with van der Waals surface area (Å²) < 4.78 is 40.8. The zero-order valence-corrected chi connectivity index (χ0v) is 17.2. The Balaban J connectivity index is 1.85. The summed E-state index contributed by atoms with van der Waals surface area (Å²) in [7, 11) is -2.52. The van der Waals surface area contributed by atoms with Gasteiger partial charge < -0.3 is 24.6 Å². The van der Waals surface area contributed by atoms with Crippen molar-refractivity contribution in [2.45, 2.75) is 10.7 Å². The fourth-order valence-corrected chi connectivity index (χ4v) is 4.68. The molecule has 0 saturated carbocycles. The Bertz CT molecular complexity index is 1110. The predicted octanol–water partition coefficient (Wildman–Crippen LogP) is 1.24. The maximum absolute atomic E-state index is 13.0. The number of benzene rings is 2. The first kappa shape index (κ1) is 20.5. The van der Waals surface area contributed by atoms with E-state index < -0.39 is 15.8 Å². The van der Waals surface area contributed by atoms with Gasteiger partial charge in [0.25, 0.3) is 10.0 Å². The number of methoxy groups -OCH3 is 1.